The molecule has 1 rings (SSSR count). The van der Waals surface area contributed by atoms with Gasteiger partial charge in [0.15, 0.2) is 0 Å². The number of hydrogen-bond donors (Lipinski definition) is 1. The lowest BCUT2D eigenvalue weighted by Crippen LogP contribution is -2.38. The van der Waals surface area contributed by atoms with Crippen LogP contribution in [0.15, 0.2) is 30.3 Å². The van der Waals surface area contributed by atoms with Gasteiger partial charge in [-0.25, -0.2) is 0 Å². The zero-order valence-corrected chi connectivity index (χ0v) is 7.35. The SMILES string of the molecule is Cl.NC(F)(F)C(=O)c1ccccc1. The number of benzene rings is 1. The van der Waals surface area contributed by atoms with Crippen molar-refractivity contribution in [3.63, 3.8) is 0 Å². The fraction of sp³-hybridized carbons (Fsp3) is 0.125. The summed E-state index contributed by atoms with van der Waals surface area (Å²) in [5, 5.41) is 0. The highest BCUT2D eigenvalue weighted by atomic mass is 35.5. The van der Waals surface area contributed by atoms with Crippen molar-refractivity contribution < 1.29 is 13.6 Å². The number of carbonyl (C=O) groups excluding carboxylic acids is 1. The molecule has 0 saturated carbocycles. The molecule has 0 radical (unpaired) electrons. The number of alkyl halides is 2. The van der Waals surface area contributed by atoms with E-state index in [9.17, 15) is 13.6 Å². The second-order valence-corrected chi connectivity index (χ2v) is 2.32. The molecule has 0 saturated heterocycles. The van der Waals surface area contributed by atoms with Crippen LogP contribution in [-0.4, -0.2) is 11.8 Å². The molecule has 0 heterocycles. The normalized spacial score (nSPS) is 10.4. The Hall–Kier alpha value is -1.00. The van der Waals surface area contributed by atoms with Gasteiger partial charge in [-0.2, -0.15) is 8.78 Å². The van der Waals surface area contributed by atoms with Crippen molar-refractivity contribution in [1.82, 2.24) is 0 Å². The van der Waals surface area contributed by atoms with Crippen LogP contribution in [0.5, 0.6) is 0 Å². The summed E-state index contributed by atoms with van der Waals surface area (Å²) < 4.78 is 24.5. The number of rotatable bonds is 2. The molecular formula is C8H8ClF2NO. The van der Waals surface area contributed by atoms with E-state index in [1.165, 1.54) is 24.3 Å². The minimum absolute atomic E-state index is 0. The quantitative estimate of drug-likeness (QED) is 0.594. The van der Waals surface area contributed by atoms with Gasteiger partial charge in [-0.1, -0.05) is 30.3 Å². The van der Waals surface area contributed by atoms with Crippen LogP contribution in [-0.2, 0) is 0 Å². The molecule has 0 fully saturated rings. The number of hydrogen-bond acceptors (Lipinski definition) is 2. The molecular weight excluding hydrogens is 200 g/mol. The van der Waals surface area contributed by atoms with Crippen LogP contribution in [0.1, 0.15) is 10.4 Å². The highest BCUT2D eigenvalue weighted by molar-refractivity contribution is 6.00. The third-order valence-corrected chi connectivity index (χ3v) is 1.34. The third-order valence-electron chi connectivity index (χ3n) is 1.34. The van der Waals surface area contributed by atoms with Gasteiger partial charge in [0.05, 0.1) is 0 Å². The minimum atomic E-state index is -3.78. The van der Waals surface area contributed by atoms with Crippen LogP contribution in [0, 0.1) is 0 Å². The van der Waals surface area contributed by atoms with Crippen molar-refractivity contribution in [3.05, 3.63) is 35.9 Å². The van der Waals surface area contributed by atoms with E-state index in [1.807, 2.05) is 0 Å². The van der Waals surface area contributed by atoms with E-state index in [0.717, 1.165) is 0 Å². The lowest BCUT2D eigenvalue weighted by Gasteiger charge is -2.07. The Morgan fingerprint density at radius 2 is 1.69 bits per heavy atom. The Balaban J connectivity index is 0.00000144. The molecule has 0 aliphatic rings. The summed E-state index contributed by atoms with van der Waals surface area (Å²) in [6.07, 6.45) is 0. The second kappa shape index (κ2) is 4.30. The molecule has 13 heavy (non-hydrogen) atoms. The van der Waals surface area contributed by atoms with Gasteiger partial charge < -0.3 is 0 Å². The van der Waals surface area contributed by atoms with Gasteiger partial charge in [0, 0.05) is 5.56 Å². The first kappa shape index (κ1) is 12.0. The average Bonchev–Trinajstić information content (AvgIpc) is 2.03. The maximum absolute atomic E-state index is 12.2. The smallest absolute Gasteiger partial charge is 0.286 e. The van der Waals surface area contributed by atoms with Gasteiger partial charge in [0.1, 0.15) is 0 Å². The summed E-state index contributed by atoms with van der Waals surface area (Å²) in [5.41, 5.74) is 4.25. The number of carbonyl (C=O) groups is 1. The van der Waals surface area contributed by atoms with Gasteiger partial charge in [0.25, 0.3) is 0 Å². The van der Waals surface area contributed by atoms with Crippen LogP contribution in [0.25, 0.3) is 0 Å². The van der Waals surface area contributed by atoms with Crippen molar-refractivity contribution in [2.24, 2.45) is 5.73 Å². The van der Waals surface area contributed by atoms with E-state index in [-0.39, 0.29) is 18.0 Å². The molecule has 0 bridgehead atoms. The van der Waals surface area contributed by atoms with Crippen molar-refractivity contribution in [1.29, 1.82) is 0 Å². The molecule has 0 amide bonds. The highest BCUT2D eigenvalue weighted by Gasteiger charge is 2.33. The first-order valence-corrected chi connectivity index (χ1v) is 3.28. The number of halogens is 3. The van der Waals surface area contributed by atoms with Gasteiger partial charge in [-0.15, -0.1) is 12.4 Å². The van der Waals surface area contributed by atoms with Crippen molar-refractivity contribution in [2.75, 3.05) is 0 Å². The molecule has 0 aliphatic carbocycles. The lowest BCUT2D eigenvalue weighted by molar-refractivity contribution is 0.0145. The maximum Gasteiger partial charge on any atom is 0.363 e. The predicted octanol–water partition coefficient (Wildman–Crippen LogP) is 1.84. The number of Topliss-reactive ketones (excluding diaryl/α,β-unsaturated/α-hetero) is 1. The van der Waals surface area contributed by atoms with Crippen molar-refractivity contribution in [3.8, 4) is 0 Å². The Morgan fingerprint density at radius 3 is 2.08 bits per heavy atom. The Bertz CT molecular complexity index is 284. The Labute approximate surface area is 80.1 Å². The highest BCUT2D eigenvalue weighted by Crippen LogP contribution is 2.13. The maximum atomic E-state index is 12.2. The molecule has 0 unspecified atom stereocenters. The third kappa shape index (κ3) is 3.08. The minimum Gasteiger partial charge on any atom is -0.286 e. The molecule has 0 spiro atoms. The molecule has 2 nitrogen and oxygen atoms in total. The summed E-state index contributed by atoms with van der Waals surface area (Å²) >= 11 is 0. The summed E-state index contributed by atoms with van der Waals surface area (Å²) in [7, 11) is 0. The first-order chi connectivity index (χ1) is 5.52. The standard InChI is InChI=1S/C8H7F2NO.ClH/c9-8(10,11)7(12)6-4-2-1-3-5-6;/h1-5H,11H2;1H. The molecule has 0 aromatic heterocycles. The number of nitrogens with two attached hydrogens (primary N) is 1. The summed E-state index contributed by atoms with van der Waals surface area (Å²) in [4.78, 5) is 10.8. The molecule has 5 heteroatoms. The monoisotopic (exact) mass is 207 g/mol. The van der Waals surface area contributed by atoms with Crippen LogP contribution < -0.4 is 5.73 Å². The van der Waals surface area contributed by atoms with Crippen molar-refractivity contribution in [2.45, 2.75) is 6.05 Å². The largest absolute Gasteiger partial charge is 0.363 e. The van der Waals surface area contributed by atoms with E-state index in [0.29, 0.717) is 0 Å². The van der Waals surface area contributed by atoms with Crippen LogP contribution in [0.4, 0.5) is 8.78 Å². The Morgan fingerprint density at radius 1 is 1.23 bits per heavy atom. The second-order valence-electron chi connectivity index (χ2n) is 2.32. The van der Waals surface area contributed by atoms with Gasteiger partial charge in [-0.05, 0) is 0 Å². The zero-order valence-electron chi connectivity index (χ0n) is 6.54. The fourth-order valence-electron chi connectivity index (χ4n) is 0.782. The molecule has 1 aromatic rings. The van der Waals surface area contributed by atoms with Gasteiger partial charge in [-0.3, -0.25) is 10.5 Å². The van der Waals surface area contributed by atoms with Crippen molar-refractivity contribution >= 4 is 18.2 Å². The summed E-state index contributed by atoms with van der Waals surface area (Å²) in [5.74, 6) is -1.36. The van der Waals surface area contributed by atoms with E-state index in [4.69, 9.17) is 0 Å². The van der Waals surface area contributed by atoms with Gasteiger partial charge >= 0.3 is 6.05 Å². The van der Waals surface area contributed by atoms with Gasteiger partial charge in [0.2, 0.25) is 5.78 Å². The molecule has 0 aliphatic heterocycles. The Kier molecular flexibility index (Phi) is 3.97. The predicted molar refractivity (Wildman–Crippen MR) is 47.2 cm³/mol. The van der Waals surface area contributed by atoms with E-state index < -0.39 is 11.8 Å². The van der Waals surface area contributed by atoms with E-state index in [2.05, 4.69) is 5.73 Å². The topological polar surface area (TPSA) is 43.1 Å². The molecule has 1 aromatic carbocycles. The number of ketones is 1. The average molecular weight is 208 g/mol. The molecule has 72 valence electrons. The van der Waals surface area contributed by atoms with E-state index >= 15 is 0 Å². The first-order valence-electron chi connectivity index (χ1n) is 3.28. The van der Waals surface area contributed by atoms with Crippen LogP contribution in [0.3, 0.4) is 0 Å². The molecule has 2 N–H and O–H groups in total. The fourth-order valence-corrected chi connectivity index (χ4v) is 0.782. The zero-order chi connectivity index (χ0) is 9.19. The molecule has 0 atom stereocenters. The van der Waals surface area contributed by atoms with Crippen LogP contribution in [0.2, 0.25) is 0 Å². The lowest BCUT2D eigenvalue weighted by atomic mass is 10.1. The summed E-state index contributed by atoms with van der Waals surface area (Å²) in [6.45, 7) is 0. The van der Waals surface area contributed by atoms with E-state index in [1.54, 1.807) is 6.07 Å². The summed E-state index contributed by atoms with van der Waals surface area (Å²) in [6, 6.07) is 3.44. The van der Waals surface area contributed by atoms with Crippen LogP contribution >= 0.6 is 12.4 Å².